The van der Waals surface area contributed by atoms with Gasteiger partial charge < -0.3 is 5.32 Å². The van der Waals surface area contributed by atoms with Crippen LogP contribution in [0.4, 0.5) is 0 Å². The zero-order chi connectivity index (χ0) is 18.1. The van der Waals surface area contributed by atoms with Gasteiger partial charge in [0.2, 0.25) is 10.0 Å². The lowest BCUT2D eigenvalue weighted by Crippen LogP contribution is -2.45. The first-order valence-electron chi connectivity index (χ1n) is 8.89. The third kappa shape index (κ3) is 4.42. The van der Waals surface area contributed by atoms with Crippen LogP contribution in [0.25, 0.3) is 0 Å². The summed E-state index contributed by atoms with van der Waals surface area (Å²) in [6, 6.07) is 6.08. The molecule has 6 nitrogen and oxygen atoms in total. The number of piperidine rings is 1. The first-order valence-corrected chi connectivity index (χ1v) is 12.0. The van der Waals surface area contributed by atoms with Gasteiger partial charge in [-0.15, -0.1) is 0 Å². The molecule has 2 fully saturated rings. The van der Waals surface area contributed by atoms with Gasteiger partial charge in [-0.1, -0.05) is 13.0 Å². The second kappa shape index (κ2) is 7.34. The molecule has 0 bridgehead atoms. The monoisotopic (exact) mass is 386 g/mol. The summed E-state index contributed by atoms with van der Waals surface area (Å²) in [6.07, 6.45) is 4.19. The van der Waals surface area contributed by atoms with E-state index in [1.165, 1.54) is 41.4 Å². The number of sulfonamides is 1. The van der Waals surface area contributed by atoms with Crippen LogP contribution >= 0.6 is 0 Å². The molecule has 0 aromatic heterocycles. The van der Waals surface area contributed by atoms with Crippen LogP contribution in [0.5, 0.6) is 0 Å². The lowest BCUT2D eigenvalue weighted by atomic mass is 10.1. The molecule has 1 aromatic carbocycles. The number of hydrogen-bond donors (Lipinski definition) is 1. The van der Waals surface area contributed by atoms with E-state index in [1.807, 2.05) is 0 Å². The van der Waals surface area contributed by atoms with Crippen LogP contribution in [0.3, 0.4) is 0 Å². The average Bonchev–Trinajstić information content (AvgIpc) is 3.45. The predicted molar refractivity (Wildman–Crippen MR) is 96.7 cm³/mol. The SMILES string of the molecule is CCS(=O)(=O)c1cccc(S(=O)(=O)N2CCC(NCC3CC3)CC2)c1. The van der Waals surface area contributed by atoms with Crippen molar-refractivity contribution < 1.29 is 16.8 Å². The van der Waals surface area contributed by atoms with Crippen LogP contribution in [-0.2, 0) is 19.9 Å². The maximum atomic E-state index is 12.8. The minimum absolute atomic E-state index is 0.0471. The molecule has 0 unspecified atom stereocenters. The van der Waals surface area contributed by atoms with Gasteiger partial charge in [0.05, 0.1) is 15.5 Å². The average molecular weight is 387 g/mol. The second-order valence-corrected chi connectivity index (χ2v) is 11.1. The zero-order valence-electron chi connectivity index (χ0n) is 14.5. The van der Waals surface area contributed by atoms with Crippen molar-refractivity contribution in [2.75, 3.05) is 25.4 Å². The molecular formula is C17H26N2O4S2. The van der Waals surface area contributed by atoms with Crippen molar-refractivity contribution in [3.05, 3.63) is 24.3 Å². The largest absolute Gasteiger partial charge is 0.314 e. The molecule has 0 atom stereocenters. The fourth-order valence-corrected chi connectivity index (χ4v) is 5.62. The fraction of sp³-hybridized carbons (Fsp3) is 0.647. The molecule has 0 spiro atoms. The fourth-order valence-electron chi connectivity index (χ4n) is 3.10. The number of nitrogens with zero attached hydrogens (tertiary/aromatic N) is 1. The van der Waals surface area contributed by atoms with Crippen molar-refractivity contribution in [1.29, 1.82) is 0 Å². The molecule has 2 aliphatic rings. The van der Waals surface area contributed by atoms with Crippen molar-refractivity contribution in [3.63, 3.8) is 0 Å². The molecule has 25 heavy (non-hydrogen) atoms. The Labute approximate surface area is 150 Å². The number of hydrogen-bond acceptors (Lipinski definition) is 5. The van der Waals surface area contributed by atoms with Gasteiger partial charge in [-0.3, -0.25) is 0 Å². The molecule has 8 heteroatoms. The molecule has 1 aromatic rings. The summed E-state index contributed by atoms with van der Waals surface area (Å²) in [7, 11) is -7.08. The van der Waals surface area contributed by atoms with Gasteiger partial charge in [0.25, 0.3) is 0 Å². The minimum atomic E-state index is -3.65. The Morgan fingerprint density at radius 1 is 1.04 bits per heavy atom. The highest BCUT2D eigenvalue weighted by Gasteiger charge is 2.31. The van der Waals surface area contributed by atoms with E-state index in [0.29, 0.717) is 19.1 Å². The molecule has 0 amide bonds. The molecule has 0 radical (unpaired) electrons. The highest BCUT2D eigenvalue weighted by atomic mass is 32.2. The molecule has 1 aliphatic heterocycles. The molecule has 140 valence electrons. The summed E-state index contributed by atoms with van der Waals surface area (Å²) in [5.41, 5.74) is 0. The first-order chi connectivity index (χ1) is 11.8. The van der Waals surface area contributed by atoms with Gasteiger partial charge in [0.1, 0.15) is 0 Å². The summed E-state index contributed by atoms with van der Waals surface area (Å²) < 4.78 is 51.2. The van der Waals surface area contributed by atoms with E-state index in [-0.39, 0.29) is 15.5 Å². The van der Waals surface area contributed by atoms with E-state index in [1.54, 1.807) is 6.92 Å². The first kappa shape index (κ1) is 18.8. The maximum Gasteiger partial charge on any atom is 0.243 e. The van der Waals surface area contributed by atoms with Crippen LogP contribution < -0.4 is 5.32 Å². The summed E-state index contributed by atoms with van der Waals surface area (Å²) in [4.78, 5) is 0.128. The Morgan fingerprint density at radius 3 is 2.28 bits per heavy atom. The van der Waals surface area contributed by atoms with E-state index >= 15 is 0 Å². The van der Waals surface area contributed by atoms with Gasteiger partial charge >= 0.3 is 0 Å². The number of rotatable bonds is 7. The van der Waals surface area contributed by atoms with Gasteiger partial charge in [-0.25, -0.2) is 16.8 Å². The highest BCUT2D eigenvalue weighted by molar-refractivity contribution is 7.91. The van der Waals surface area contributed by atoms with E-state index < -0.39 is 19.9 Å². The molecule has 1 aliphatic carbocycles. The van der Waals surface area contributed by atoms with E-state index in [2.05, 4.69) is 5.32 Å². The Morgan fingerprint density at radius 2 is 1.68 bits per heavy atom. The molecule has 1 saturated carbocycles. The standard InChI is InChI=1S/C17H26N2O4S2/c1-2-24(20,21)16-4-3-5-17(12-16)25(22,23)19-10-8-15(9-11-19)18-13-14-6-7-14/h3-5,12,14-15,18H,2,6-11,13H2,1H3. The van der Waals surface area contributed by atoms with Crippen molar-refractivity contribution in [1.82, 2.24) is 9.62 Å². The van der Waals surface area contributed by atoms with Gasteiger partial charge in [-0.2, -0.15) is 4.31 Å². The second-order valence-electron chi connectivity index (χ2n) is 6.91. The normalized spacial score (nSPS) is 20.7. The summed E-state index contributed by atoms with van der Waals surface area (Å²) in [5, 5.41) is 3.53. The van der Waals surface area contributed by atoms with Crippen molar-refractivity contribution in [2.24, 2.45) is 5.92 Å². The van der Waals surface area contributed by atoms with Crippen LogP contribution in [-0.4, -0.2) is 52.6 Å². The Hall–Kier alpha value is -0.960. The smallest absolute Gasteiger partial charge is 0.243 e. The number of sulfone groups is 1. The van der Waals surface area contributed by atoms with Crippen molar-refractivity contribution in [3.8, 4) is 0 Å². The Kier molecular flexibility index (Phi) is 5.53. The van der Waals surface area contributed by atoms with Crippen LogP contribution in [0, 0.1) is 5.92 Å². The summed E-state index contributed by atoms with van der Waals surface area (Å²) in [5.74, 6) is 0.763. The maximum absolute atomic E-state index is 12.8. The van der Waals surface area contributed by atoms with Crippen molar-refractivity contribution in [2.45, 2.75) is 48.4 Å². The van der Waals surface area contributed by atoms with Crippen molar-refractivity contribution >= 4 is 19.9 Å². The van der Waals surface area contributed by atoms with Gasteiger partial charge in [0.15, 0.2) is 9.84 Å². The Bertz CT molecular complexity index is 809. The minimum Gasteiger partial charge on any atom is -0.314 e. The summed E-state index contributed by atoms with van der Waals surface area (Å²) >= 11 is 0. The number of nitrogens with one attached hydrogen (secondary N) is 1. The van der Waals surface area contributed by atoms with E-state index in [9.17, 15) is 16.8 Å². The zero-order valence-corrected chi connectivity index (χ0v) is 16.2. The number of benzene rings is 1. The third-order valence-electron chi connectivity index (χ3n) is 5.03. The molecular weight excluding hydrogens is 360 g/mol. The molecule has 1 N–H and O–H groups in total. The van der Waals surface area contributed by atoms with E-state index in [4.69, 9.17) is 0 Å². The molecule has 3 rings (SSSR count). The van der Waals surface area contributed by atoms with Crippen LogP contribution in [0.1, 0.15) is 32.6 Å². The quantitative estimate of drug-likeness (QED) is 0.770. The predicted octanol–water partition coefficient (Wildman–Crippen LogP) is 1.63. The summed E-state index contributed by atoms with van der Waals surface area (Å²) in [6.45, 7) is 3.52. The molecule has 1 heterocycles. The lowest BCUT2D eigenvalue weighted by molar-refractivity contribution is 0.288. The highest BCUT2D eigenvalue weighted by Crippen LogP contribution is 2.28. The van der Waals surface area contributed by atoms with E-state index in [0.717, 1.165) is 25.3 Å². The van der Waals surface area contributed by atoms with Gasteiger partial charge in [0, 0.05) is 19.1 Å². The lowest BCUT2D eigenvalue weighted by Gasteiger charge is -2.31. The third-order valence-corrected chi connectivity index (χ3v) is 8.66. The molecule has 1 saturated heterocycles. The van der Waals surface area contributed by atoms with Gasteiger partial charge in [-0.05, 0) is 56.3 Å². The Balaban J connectivity index is 1.68. The van der Waals surface area contributed by atoms with Crippen LogP contribution in [0.15, 0.2) is 34.1 Å². The topological polar surface area (TPSA) is 83.5 Å². The van der Waals surface area contributed by atoms with Crippen LogP contribution in [0.2, 0.25) is 0 Å².